The average molecular weight is 284 g/mol. The second-order valence-corrected chi connectivity index (χ2v) is 6.63. The summed E-state index contributed by atoms with van der Waals surface area (Å²) in [6.45, 7) is 8.79. The number of ether oxygens (including phenoxy) is 1. The van der Waals surface area contributed by atoms with Crippen LogP contribution < -0.4 is 0 Å². The van der Waals surface area contributed by atoms with Gasteiger partial charge in [-0.2, -0.15) is 0 Å². The maximum absolute atomic E-state index is 12.2. The fourth-order valence-corrected chi connectivity index (χ4v) is 3.53. The normalized spacial score (nSPS) is 29.0. The molecule has 0 aromatic carbocycles. The minimum atomic E-state index is -0.855. The summed E-state index contributed by atoms with van der Waals surface area (Å²) >= 11 is 0. The summed E-state index contributed by atoms with van der Waals surface area (Å²) in [7, 11) is 0. The molecule has 0 amide bonds. The second-order valence-electron chi connectivity index (χ2n) is 6.63. The molecule has 1 rings (SSSR count). The SMILES string of the molecule is CCCC(C(=O)OCC)C1(O)CCCC(C(C)C)CC1. The first kappa shape index (κ1) is 17.5. The molecular formula is C17H32O3. The maximum atomic E-state index is 12.2. The second kappa shape index (κ2) is 8.02. The molecule has 20 heavy (non-hydrogen) atoms. The Kier molecular flexibility index (Phi) is 7.01. The van der Waals surface area contributed by atoms with E-state index in [4.69, 9.17) is 4.74 Å². The van der Waals surface area contributed by atoms with Gasteiger partial charge in [-0.3, -0.25) is 4.79 Å². The Morgan fingerprint density at radius 3 is 2.55 bits per heavy atom. The van der Waals surface area contributed by atoms with Crippen LogP contribution in [0.1, 0.15) is 72.6 Å². The predicted molar refractivity (Wildman–Crippen MR) is 81.4 cm³/mol. The molecule has 0 heterocycles. The fraction of sp³-hybridized carbons (Fsp3) is 0.941. The number of hydrogen-bond donors (Lipinski definition) is 1. The van der Waals surface area contributed by atoms with E-state index in [-0.39, 0.29) is 11.9 Å². The highest BCUT2D eigenvalue weighted by Gasteiger charge is 2.42. The van der Waals surface area contributed by atoms with Crippen LogP contribution in [0, 0.1) is 17.8 Å². The van der Waals surface area contributed by atoms with Crippen LogP contribution in [0.4, 0.5) is 0 Å². The highest BCUT2D eigenvalue weighted by molar-refractivity contribution is 5.73. The van der Waals surface area contributed by atoms with Crippen molar-refractivity contribution in [3.05, 3.63) is 0 Å². The maximum Gasteiger partial charge on any atom is 0.311 e. The summed E-state index contributed by atoms with van der Waals surface area (Å²) in [4.78, 5) is 12.2. The summed E-state index contributed by atoms with van der Waals surface area (Å²) in [6.07, 6.45) is 6.30. The third kappa shape index (κ3) is 4.47. The smallest absolute Gasteiger partial charge is 0.311 e. The molecule has 1 aliphatic carbocycles. The first-order chi connectivity index (χ1) is 9.44. The largest absolute Gasteiger partial charge is 0.466 e. The van der Waals surface area contributed by atoms with Gasteiger partial charge in [0.25, 0.3) is 0 Å². The van der Waals surface area contributed by atoms with Crippen molar-refractivity contribution in [2.45, 2.75) is 78.2 Å². The zero-order valence-corrected chi connectivity index (χ0v) is 13.7. The minimum Gasteiger partial charge on any atom is -0.466 e. The molecule has 0 aromatic rings. The molecule has 1 aliphatic rings. The van der Waals surface area contributed by atoms with E-state index in [0.29, 0.717) is 18.4 Å². The first-order valence-corrected chi connectivity index (χ1v) is 8.33. The van der Waals surface area contributed by atoms with E-state index in [1.54, 1.807) is 0 Å². The molecular weight excluding hydrogens is 252 g/mol. The molecule has 1 N–H and O–H groups in total. The van der Waals surface area contributed by atoms with Crippen molar-refractivity contribution in [3.63, 3.8) is 0 Å². The van der Waals surface area contributed by atoms with Crippen molar-refractivity contribution in [2.75, 3.05) is 6.61 Å². The predicted octanol–water partition coefficient (Wildman–Crippen LogP) is 3.93. The van der Waals surface area contributed by atoms with E-state index >= 15 is 0 Å². The third-order valence-corrected chi connectivity index (χ3v) is 4.87. The summed E-state index contributed by atoms with van der Waals surface area (Å²) in [5.74, 6) is 0.774. The van der Waals surface area contributed by atoms with E-state index in [2.05, 4.69) is 20.8 Å². The lowest BCUT2D eigenvalue weighted by Crippen LogP contribution is -2.43. The van der Waals surface area contributed by atoms with E-state index in [1.165, 1.54) is 6.42 Å². The first-order valence-electron chi connectivity index (χ1n) is 8.33. The fourth-order valence-electron chi connectivity index (χ4n) is 3.53. The lowest BCUT2D eigenvalue weighted by Gasteiger charge is -2.34. The van der Waals surface area contributed by atoms with Crippen LogP contribution >= 0.6 is 0 Å². The van der Waals surface area contributed by atoms with Gasteiger partial charge in [-0.25, -0.2) is 0 Å². The lowest BCUT2D eigenvalue weighted by atomic mass is 9.78. The van der Waals surface area contributed by atoms with Gasteiger partial charge in [0.2, 0.25) is 0 Å². The quantitative estimate of drug-likeness (QED) is 0.593. The number of rotatable bonds is 6. The van der Waals surface area contributed by atoms with E-state index < -0.39 is 5.60 Å². The van der Waals surface area contributed by atoms with Crippen LogP contribution in [0.3, 0.4) is 0 Å². The summed E-state index contributed by atoms with van der Waals surface area (Å²) in [5.41, 5.74) is -0.855. The van der Waals surface area contributed by atoms with Gasteiger partial charge in [-0.1, -0.05) is 40.0 Å². The zero-order valence-electron chi connectivity index (χ0n) is 13.7. The number of aliphatic hydroxyl groups is 1. The van der Waals surface area contributed by atoms with Gasteiger partial charge in [-0.05, 0) is 44.4 Å². The van der Waals surface area contributed by atoms with E-state index in [9.17, 15) is 9.90 Å². The highest BCUT2D eigenvalue weighted by atomic mass is 16.5. The topological polar surface area (TPSA) is 46.5 Å². The van der Waals surface area contributed by atoms with Gasteiger partial charge in [0.15, 0.2) is 0 Å². The molecule has 1 fully saturated rings. The molecule has 3 heteroatoms. The van der Waals surface area contributed by atoms with Gasteiger partial charge < -0.3 is 9.84 Å². The van der Waals surface area contributed by atoms with Crippen molar-refractivity contribution >= 4 is 5.97 Å². The minimum absolute atomic E-state index is 0.208. The Labute approximate surface area is 124 Å². The molecule has 0 spiro atoms. The summed E-state index contributed by atoms with van der Waals surface area (Å²) < 4.78 is 5.19. The molecule has 0 aromatic heterocycles. The van der Waals surface area contributed by atoms with Crippen LogP contribution in [-0.4, -0.2) is 23.3 Å². The van der Waals surface area contributed by atoms with Crippen molar-refractivity contribution in [1.82, 2.24) is 0 Å². The Bertz CT molecular complexity index is 301. The van der Waals surface area contributed by atoms with Gasteiger partial charge in [0.1, 0.15) is 0 Å². The molecule has 1 saturated carbocycles. The monoisotopic (exact) mass is 284 g/mol. The number of carbonyl (C=O) groups is 1. The zero-order chi connectivity index (χ0) is 15.2. The van der Waals surface area contributed by atoms with Crippen LogP contribution in [-0.2, 0) is 9.53 Å². The van der Waals surface area contributed by atoms with Crippen LogP contribution in [0.5, 0.6) is 0 Å². The average Bonchev–Trinajstić information content (AvgIpc) is 2.59. The van der Waals surface area contributed by atoms with Crippen molar-refractivity contribution in [3.8, 4) is 0 Å². The Balaban J connectivity index is 2.79. The molecule has 3 unspecified atom stereocenters. The standard InChI is InChI=1S/C17H32O3/c1-5-8-15(16(18)20-6-2)17(19)11-7-9-14(10-12-17)13(3)4/h13-15,19H,5-12H2,1-4H3. The van der Waals surface area contributed by atoms with Gasteiger partial charge >= 0.3 is 5.97 Å². The van der Waals surface area contributed by atoms with Crippen LogP contribution in [0.2, 0.25) is 0 Å². The van der Waals surface area contributed by atoms with E-state index in [0.717, 1.165) is 38.5 Å². The molecule has 0 bridgehead atoms. The number of carbonyl (C=O) groups excluding carboxylic acids is 1. The van der Waals surface area contributed by atoms with Crippen LogP contribution in [0.25, 0.3) is 0 Å². The van der Waals surface area contributed by atoms with Gasteiger partial charge in [0.05, 0.1) is 18.1 Å². The summed E-state index contributed by atoms with van der Waals surface area (Å²) in [5, 5.41) is 11.0. The Hall–Kier alpha value is -0.570. The Morgan fingerprint density at radius 2 is 2.00 bits per heavy atom. The highest BCUT2D eigenvalue weighted by Crippen LogP contribution is 2.40. The molecule has 3 nitrogen and oxygen atoms in total. The molecule has 3 atom stereocenters. The number of esters is 1. The van der Waals surface area contributed by atoms with Gasteiger partial charge in [-0.15, -0.1) is 0 Å². The molecule has 0 radical (unpaired) electrons. The molecule has 0 saturated heterocycles. The molecule has 118 valence electrons. The van der Waals surface area contributed by atoms with Crippen molar-refractivity contribution in [2.24, 2.45) is 17.8 Å². The van der Waals surface area contributed by atoms with Crippen molar-refractivity contribution < 1.29 is 14.6 Å². The lowest BCUT2D eigenvalue weighted by molar-refractivity contribution is -0.160. The number of hydrogen-bond acceptors (Lipinski definition) is 3. The Morgan fingerprint density at radius 1 is 1.30 bits per heavy atom. The van der Waals surface area contributed by atoms with E-state index in [1.807, 2.05) is 6.92 Å². The van der Waals surface area contributed by atoms with Crippen LogP contribution in [0.15, 0.2) is 0 Å². The molecule has 0 aliphatic heterocycles. The van der Waals surface area contributed by atoms with Crippen molar-refractivity contribution in [1.29, 1.82) is 0 Å². The summed E-state index contributed by atoms with van der Waals surface area (Å²) in [6, 6.07) is 0. The van der Waals surface area contributed by atoms with Gasteiger partial charge in [0, 0.05) is 0 Å². The third-order valence-electron chi connectivity index (χ3n) is 4.87.